The molecule has 0 saturated carbocycles. The van der Waals surface area contributed by atoms with Crippen LogP contribution in [0, 0.1) is 13.8 Å². The molecule has 32 heavy (non-hydrogen) atoms. The van der Waals surface area contributed by atoms with Crippen molar-refractivity contribution in [3.63, 3.8) is 0 Å². The quantitative estimate of drug-likeness (QED) is 0.446. The molecule has 1 aromatic heterocycles. The van der Waals surface area contributed by atoms with E-state index >= 15 is 0 Å². The van der Waals surface area contributed by atoms with E-state index in [9.17, 15) is 4.79 Å². The Bertz CT molecular complexity index is 927. The molecule has 0 bridgehead atoms. The molecule has 0 radical (unpaired) electrons. The van der Waals surface area contributed by atoms with Gasteiger partial charge < -0.3 is 23.7 Å². The summed E-state index contributed by atoms with van der Waals surface area (Å²) in [6.45, 7) is 10.1. The second-order valence-corrected chi connectivity index (χ2v) is 9.49. The van der Waals surface area contributed by atoms with E-state index in [2.05, 4.69) is 52.2 Å². The lowest BCUT2D eigenvalue weighted by Gasteiger charge is -2.39. The van der Waals surface area contributed by atoms with Crippen LogP contribution in [0.25, 0.3) is 0 Å². The molecule has 2 saturated heterocycles. The minimum Gasteiger partial charge on any atom is -0.383 e. The number of methoxy groups -OCH3 is 1. The molecule has 0 unspecified atom stereocenters. The minimum absolute atomic E-state index is 0.517. The van der Waals surface area contributed by atoms with Crippen molar-refractivity contribution >= 4 is 41.2 Å². The maximum Gasteiger partial charge on any atom is 0.214 e. The maximum atomic E-state index is 11.7. The highest BCUT2D eigenvalue weighted by Gasteiger charge is 2.25. The fourth-order valence-electron chi connectivity index (χ4n) is 4.43. The van der Waals surface area contributed by atoms with E-state index in [1.165, 1.54) is 28.9 Å². The lowest BCUT2D eigenvalue weighted by Crippen LogP contribution is -2.47. The third kappa shape index (κ3) is 4.96. The number of carbonyl (C=O) groups is 1. The first-order chi connectivity index (χ1) is 15.6. The molecule has 0 aliphatic carbocycles. The molecule has 2 fully saturated rings. The Morgan fingerprint density at radius 3 is 2.53 bits per heavy atom. The summed E-state index contributed by atoms with van der Waals surface area (Å²) in [5.41, 5.74) is 5.80. The van der Waals surface area contributed by atoms with Crippen LogP contribution >= 0.6 is 11.9 Å². The van der Waals surface area contributed by atoms with Gasteiger partial charge in [-0.2, -0.15) is 0 Å². The van der Waals surface area contributed by atoms with Crippen molar-refractivity contribution in [2.24, 2.45) is 0 Å². The molecule has 0 atom stereocenters. The van der Waals surface area contributed by atoms with Crippen molar-refractivity contribution in [2.75, 3.05) is 77.7 Å². The summed E-state index contributed by atoms with van der Waals surface area (Å²) in [6.07, 6.45) is 4.03. The van der Waals surface area contributed by atoms with Gasteiger partial charge in [0.2, 0.25) is 6.41 Å². The summed E-state index contributed by atoms with van der Waals surface area (Å²) in [6, 6.07) is 8.60. The summed E-state index contributed by atoms with van der Waals surface area (Å²) in [7, 11) is 1.66. The molecular weight excluding hydrogens is 422 g/mol. The second-order valence-electron chi connectivity index (χ2n) is 8.38. The third-order valence-corrected chi connectivity index (χ3v) is 7.24. The molecule has 8 heteroatoms. The number of nitrogens with zero attached hydrogens (tertiary/aromatic N) is 5. The Morgan fingerprint density at radius 1 is 1.09 bits per heavy atom. The molecule has 2 aliphatic heterocycles. The van der Waals surface area contributed by atoms with Gasteiger partial charge in [0, 0.05) is 64.0 Å². The van der Waals surface area contributed by atoms with E-state index in [4.69, 9.17) is 9.72 Å². The largest absolute Gasteiger partial charge is 0.383 e. The molecule has 0 spiro atoms. The van der Waals surface area contributed by atoms with Gasteiger partial charge in [0.1, 0.15) is 5.82 Å². The molecule has 3 heterocycles. The molecule has 1 amide bonds. The summed E-state index contributed by atoms with van der Waals surface area (Å²) >= 11 is 1.87. The van der Waals surface area contributed by atoms with Crippen molar-refractivity contribution < 1.29 is 9.53 Å². The van der Waals surface area contributed by atoms with Gasteiger partial charge in [-0.05, 0) is 61.5 Å². The zero-order valence-corrected chi connectivity index (χ0v) is 20.1. The molecule has 0 N–H and O–H groups in total. The first-order valence-corrected chi connectivity index (χ1v) is 12.2. The smallest absolute Gasteiger partial charge is 0.214 e. The lowest BCUT2D eigenvalue weighted by molar-refractivity contribution is -0.107. The van der Waals surface area contributed by atoms with Gasteiger partial charge in [-0.3, -0.25) is 4.79 Å². The number of piperazine rings is 1. The fraction of sp³-hybridized carbons (Fsp3) is 0.500. The average molecular weight is 456 g/mol. The normalized spacial score (nSPS) is 16.5. The number of aromatic nitrogens is 1. The fourth-order valence-corrected chi connectivity index (χ4v) is 5.45. The van der Waals surface area contributed by atoms with E-state index in [-0.39, 0.29) is 0 Å². The van der Waals surface area contributed by atoms with Crippen molar-refractivity contribution in [1.29, 1.82) is 0 Å². The van der Waals surface area contributed by atoms with Crippen molar-refractivity contribution in [3.8, 4) is 0 Å². The van der Waals surface area contributed by atoms with Crippen LogP contribution in [-0.2, 0) is 9.53 Å². The van der Waals surface area contributed by atoms with Crippen LogP contribution < -0.4 is 19.0 Å². The summed E-state index contributed by atoms with van der Waals surface area (Å²) in [4.78, 5) is 23.0. The zero-order chi connectivity index (χ0) is 22.5. The van der Waals surface area contributed by atoms with E-state index in [0.29, 0.717) is 13.2 Å². The average Bonchev–Trinajstić information content (AvgIpc) is 3.35. The van der Waals surface area contributed by atoms with E-state index in [1.807, 2.05) is 18.1 Å². The highest BCUT2D eigenvalue weighted by atomic mass is 32.2. The number of ether oxygens (including phenoxy) is 1. The van der Waals surface area contributed by atoms with Crippen LogP contribution in [0.3, 0.4) is 0 Å². The van der Waals surface area contributed by atoms with E-state index in [0.717, 1.165) is 56.4 Å². The molecule has 1 aromatic carbocycles. The summed E-state index contributed by atoms with van der Waals surface area (Å²) < 4.78 is 7.56. The third-order valence-electron chi connectivity index (χ3n) is 6.08. The van der Waals surface area contributed by atoms with Gasteiger partial charge in [-0.15, -0.1) is 0 Å². The van der Waals surface area contributed by atoms with Gasteiger partial charge >= 0.3 is 0 Å². The highest BCUT2D eigenvalue weighted by molar-refractivity contribution is 8.00. The number of aryl methyl sites for hydroxylation is 2. The van der Waals surface area contributed by atoms with Gasteiger partial charge in [0.05, 0.1) is 18.0 Å². The molecule has 7 nitrogen and oxygen atoms in total. The van der Waals surface area contributed by atoms with Crippen molar-refractivity contribution in [1.82, 2.24) is 4.98 Å². The van der Waals surface area contributed by atoms with Crippen LogP contribution in [0.4, 0.5) is 22.9 Å². The summed E-state index contributed by atoms with van der Waals surface area (Å²) in [5, 5.41) is 0. The van der Waals surface area contributed by atoms with E-state index < -0.39 is 0 Å². The molecule has 172 valence electrons. The van der Waals surface area contributed by atoms with Gasteiger partial charge in [-0.1, -0.05) is 6.07 Å². The van der Waals surface area contributed by atoms with Gasteiger partial charge in [-0.25, -0.2) is 4.98 Å². The number of anilines is 4. The monoisotopic (exact) mass is 455 g/mol. The van der Waals surface area contributed by atoms with Crippen LogP contribution in [0.1, 0.15) is 17.5 Å². The van der Waals surface area contributed by atoms with Crippen LogP contribution in [-0.4, -0.2) is 70.1 Å². The Morgan fingerprint density at radius 2 is 1.88 bits per heavy atom. The predicted molar refractivity (Wildman–Crippen MR) is 134 cm³/mol. The van der Waals surface area contributed by atoms with Crippen molar-refractivity contribution in [2.45, 2.75) is 20.3 Å². The standard InChI is InChI=1S/C24H33N5O2S/c1-19-15-20(2)24(25-17-19)27-10-8-26(9-11-27)22-6-5-21(28(18-30)12-13-31-3)16-23(22)29-7-4-14-32-29/h5-6,15-18H,4,7-14H2,1-3H3. The highest BCUT2D eigenvalue weighted by Crippen LogP contribution is 2.39. The first kappa shape index (κ1) is 22.7. The number of hydrogen-bond donors (Lipinski definition) is 0. The second kappa shape index (κ2) is 10.4. The van der Waals surface area contributed by atoms with Gasteiger partial charge in [0.25, 0.3) is 0 Å². The Hall–Kier alpha value is -2.45. The first-order valence-electron chi connectivity index (χ1n) is 11.3. The number of benzene rings is 1. The number of rotatable bonds is 8. The Kier molecular flexibility index (Phi) is 7.42. The number of carbonyl (C=O) groups excluding carboxylic acids is 1. The Labute approximate surface area is 195 Å². The summed E-state index contributed by atoms with van der Waals surface area (Å²) in [5.74, 6) is 2.23. The van der Waals surface area contributed by atoms with E-state index in [1.54, 1.807) is 12.0 Å². The van der Waals surface area contributed by atoms with Crippen LogP contribution in [0.2, 0.25) is 0 Å². The zero-order valence-electron chi connectivity index (χ0n) is 19.3. The number of pyridine rings is 1. The molecule has 4 rings (SSSR count). The number of amides is 1. The SMILES string of the molecule is COCCN(C=O)c1ccc(N2CCN(c3ncc(C)cc3C)CC2)c(N2CCCS2)c1. The molecular formula is C24H33N5O2S. The molecule has 2 aromatic rings. The minimum atomic E-state index is 0.517. The topological polar surface area (TPSA) is 52.2 Å². The number of hydrogen-bond acceptors (Lipinski definition) is 7. The molecule has 2 aliphatic rings. The predicted octanol–water partition coefficient (Wildman–Crippen LogP) is 3.49. The van der Waals surface area contributed by atoms with Crippen LogP contribution in [0.5, 0.6) is 0 Å². The van der Waals surface area contributed by atoms with Crippen LogP contribution in [0.15, 0.2) is 30.5 Å². The lowest BCUT2D eigenvalue weighted by atomic mass is 10.1. The van der Waals surface area contributed by atoms with Crippen molar-refractivity contribution in [3.05, 3.63) is 41.6 Å². The maximum absolute atomic E-state index is 11.7. The van der Waals surface area contributed by atoms with Gasteiger partial charge in [0.15, 0.2) is 0 Å². The Balaban J connectivity index is 1.54.